The summed E-state index contributed by atoms with van der Waals surface area (Å²) in [5.74, 6) is 0. The van der Waals surface area contributed by atoms with Gasteiger partial charge in [0.05, 0.1) is 13.2 Å². The lowest BCUT2D eigenvalue weighted by atomic mass is 9.95. The number of rotatable bonds is 8. The van der Waals surface area contributed by atoms with E-state index in [1.165, 1.54) is 0 Å². The molecular formula is C11H26N2O. The first-order valence-corrected chi connectivity index (χ1v) is 5.56. The van der Waals surface area contributed by atoms with Gasteiger partial charge in [-0.1, -0.05) is 27.7 Å². The highest BCUT2D eigenvalue weighted by Crippen LogP contribution is 2.12. The Morgan fingerprint density at radius 1 is 1.21 bits per heavy atom. The van der Waals surface area contributed by atoms with E-state index in [1.807, 2.05) is 0 Å². The molecule has 2 N–H and O–H groups in total. The lowest BCUT2D eigenvalue weighted by Gasteiger charge is -2.23. The minimum atomic E-state index is 0.114. The van der Waals surface area contributed by atoms with Crippen molar-refractivity contribution in [2.24, 2.45) is 11.1 Å². The summed E-state index contributed by atoms with van der Waals surface area (Å²) in [6, 6.07) is 0. The molecule has 0 amide bonds. The SMILES string of the molecule is CCN(CC)CCOCC(C)(C)CN. The van der Waals surface area contributed by atoms with E-state index in [4.69, 9.17) is 10.5 Å². The third-order valence-electron chi connectivity index (χ3n) is 2.49. The third-order valence-corrected chi connectivity index (χ3v) is 2.49. The van der Waals surface area contributed by atoms with Crippen LogP contribution in [0.25, 0.3) is 0 Å². The molecule has 0 radical (unpaired) electrons. The zero-order valence-corrected chi connectivity index (χ0v) is 10.2. The van der Waals surface area contributed by atoms with Crippen LogP contribution in [0.2, 0.25) is 0 Å². The molecule has 0 bridgehead atoms. The molecule has 14 heavy (non-hydrogen) atoms. The minimum absolute atomic E-state index is 0.114. The first-order valence-electron chi connectivity index (χ1n) is 5.56. The largest absolute Gasteiger partial charge is 0.380 e. The van der Waals surface area contributed by atoms with E-state index in [0.717, 1.165) is 32.8 Å². The molecule has 0 heterocycles. The second-order valence-electron chi connectivity index (χ2n) is 4.45. The maximum atomic E-state index is 5.61. The molecule has 0 aliphatic heterocycles. The molecule has 0 unspecified atom stereocenters. The maximum Gasteiger partial charge on any atom is 0.0593 e. The lowest BCUT2D eigenvalue weighted by Crippen LogP contribution is -2.32. The van der Waals surface area contributed by atoms with Crippen LogP contribution in [0.3, 0.4) is 0 Å². The smallest absolute Gasteiger partial charge is 0.0593 e. The van der Waals surface area contributed by atoms with E-state index < -0.39 is 0 Å². The van der Waals surface area contributed by atoms with Crippen molar-refractivity contribution in [2.45, 2.75) is 27.7 Å². The fourth-order valence-electron chi connectivity index (χ4n) is 1.14. The van der Waals surface area contributed by atoms with E-state index in [0.29, 0.717) is 6.54 Å². The minimum Gasteiger partial charge on any atom is -0.380 e. The lowest BCUT2D eigenvalue weighted by molar-refractivity contribution is 0.0524. The molecule has 86 valence electrons. The van der Waals surface area contributed by atoms with Gasteiger partial charge in [-0.3, -0.25) is 0 Å². The Morgan fingerprint density at radius 3 is 2.21 bits per heavy atom. The van der Waals surface area contributed by atoms with Crippen LogP contribution in [0.15, 0.2) is 0 Å². The van der Waals surface area contributed by atoms with Crippen LogP contribution in [0.5, 0.6) is 0 Å². The summed E-state index contributed by atoms with van der Waals surface area (Å²) in [6.45, 7) is 14.1. The van der Waals surface area contributed by atoms with Gasteiger partial charge in [-0.2, -0.15) is 0 Å². The predicted molar refractivity (Wildman–Crippen MR) is 61.4 cm³/mol. The fourth-order valence-corrected chi connectivity index (χ4v) is 1.14. The Bertz CT molecular complexity index is 133. The van der Waals surface area contributed by atoms with E-state index in [-0.39, 0.29) is 5.41 Å². The van der Waals surface area contributed by atoms with Gasteiger partial charge in [0.2, 0.25) is 0 Å². The van der Waals surface area contributed by atoms with Crippen molar-refractivity contribution in [2.75, 3.05) is 39.4 Å². The van der Waals surface area contributed by atoms with E-state index in [9.17, 15) is 0 Å². The summed E-state index contributed by atoms with van der Waals surface area (Å²) >= 11 is 0. The van der Waals surface area contributed by atoms with Gasteiger partial charge in [0, 0.05) is 12.0 Å². The summed E-state index contributed by atoms with van der Waals surface area (Å²) in [6.07, 6.45) is 0. The quantitative estimate of drug-likeness (QED) is 0.604. The molecule has 0 saturated carbocycles. The van der Waals surface area contributed by atoms with Crippen LogP contribution in [-0.4, -0.2) is 44.3 Å². The molecule has 0 spiro atoms. The normalized spacial score (nSPS) is 12.4. The Labute approximate surface area is 88.6 Å². The van der Waals surface area contributed by atoms with Gasteiger partial charge in [-0.15, -0.1) is 0 Å². The van der Waals surface area contributed by atoms with Crippen LogP contribution < -0.4 is 5.73 Å². The molecule has 3 heteroatoms. The topological polar surface area (TPSA) is 38.5 Å². The number of nitrogens with two attached hydrogens (primary N) is 1. The molecule has 0 aromatic rings. The molecule has 0 fully saturated rings. The molecule has 0 saturated heterocycles. The van der Waals surface area contributed by atoms with Crippen LogP contribution in [0.1, 0.15) is 27.7 Å². The first kappa shape index (κ1) is 13.9. The van der Waals surface area contributed by atoms with Crippen molar-refractivity contribution < 1.29 is 4.74 Å². The number of hydrogen-bond donors (Lipinski definition) is 1. The van der Waals surface area contributed by atoms with Gasteiger partial charge < -0.3 is 15.4 Å². The van der Waals surface area contributed by atoms with Gasteiger partial charge in [0.15, 0.2) is 0 Å². The van der Waals surface area contributed by atoms with Crippen molar-refractivity contribution in [3.63, 3.8) is 0 Å². The average molecular weight is 202 g/mol. The summed E-state index contributed by atoms with van der Waals surface area (Å²) in [5.41, 5.74) is 5.72. The molecule has 0 aliphatic carbocycles. The molecule has 0 aromatic carbocycles. The average Bonchev–Trinajstić information content (AvgIpc) is 2.18. The highest BCUT2D eigenvalue weighted by molar-refractivity contribution is 4.67. The standard InChI is InChI=1S/C11H26N2O/c1-5-13(6-2)7-8-14-10-11(3,4)9-12/h5-10,12H2,1-4H3. The van der Waals surface area contributed by atoms with Gasteiger partial charge in [-0.05, 0) is 19.6 Å². The monoisotopic (exact) mass is 202 g/mol. The molecule has 0 rings (SSSR count). The van der Waals surface area contributed by atoms with Crippen molar-refractivity contribution >= 4 is 0 Å². The van der Waals surface area contributed by atoms with Crippen LogP contribution >= 0.6 is 0 Å². The van der Waals surface area contributed by atoms with E-state index >= 15 is 0 Å². The Balaban J connectivity index is 3.45. The Kier molecular flexibility index (Phi) is 7.15. The maximum absolute atomic E-state index is 5.61. The van der Waals surface area contributed by atoms with Crippen LogP contribution in [0, 0.1) is 5.41 Å². The zero-order valence-electron chi connectivity index (χ0n) is 10.2. The second-order valence-corrected chi connectivity index (χ2v) is 4.45. The number of ether oxygens (including phenoxy) is 1. The molecular weight excluding hydrogens is 176 g/mol. The van der Waals surface area contributed by atoms with Crippen molar-refractivity contribution in [1.82, 2.24) is 4.90 Å². The van der Waals surface area contributed by atoms with Gasteiger partial charge >= 0.3 is 0 Å². The van der Waals surface area contributed by atoms with Crippen molar-refractivity contribution in [3.05, 3.63) is 0 Å². The highest BCUT2D eigenvalue weighted by Gasteiger charge is 2.15. The van der Waals surface area contributed by atoms with Crippen molar-refractivity contribution in [3.8, 4) is 0 Å². The van der Waals surface area contributed by atoms with Gasteiger partial charge in [0.25, 0.3) is 0 Å². The molecule has 0 atom stereocenters. The van der Waals surface area contributed by atoms with Crippen LogP contribution in [0.4, 0.5) is 0 Å². The van der Waals surface area contributed by atoms with Gasteiger partial charge in [-0.25, -0.2) is 0 Å². The zero-order chi connectivity index (χ0) is 11.0. The summed E-state index contributed by atoms with van der Waals surface area (Å²) in [5, 5.41) is 0. The van der Waals surface area contributed by atoms with Crippen molar-refractivity contribution in [1.29, 1.82) is 0 Å². The third kappa shape index (κ3) is 6.35. The number of nitrogens with zero attached hydrogens (tertiary/aromatic N) is 1. The Hall–Kier alpha value is -0.120. The van der Waals surface area contributed by atoms with E-state index in [1.54, 1.807) is 0 Å². The van der Waals surface area contributed by atoms with Crippen LogP contribution in [-0.2, 0) is 4.74 Å². The number of likely N-dealkylation sites (N-methyl/N-ethyl adjacent to an activating group) is 1. The first-order chi connectivity index (χ1) is 6.55. The highest BCUT2D eigenvalue weighted by atomic mass is 16.5. The fraction of sp³-hybridized carbons (Fsp3) is 1.00. The summed E-state index contributed by atoms with van der Waals surface area (Å²) in [7, 11) is 0. The second kappa shape index (κ2) is 7.21. The molecule has 3 nitrogen and oxygen atoms in total. The van der Waals surface area contributed by atoms with Gasteiger partial charge in [0.1, 0.15) is 0 Å². The van der Waals surface area contributed by atoms with E-state index in [2.05, 4.69) is 32.6 Å². The number of hydrogen-bond acceptors (Lipinski definition) is 3. The summed E-state index contributed by atoms with van der Waals surface area (Å²) in [4.78, 5) is 2.36. The predicted octanol–water partition coefficient (Wildman–Crippen LogP) is 1.33. The Morgan fingerprint density at radius 2 is 1.79 bits per heavy atom. The molecule has 0 aliphatic rings. The molecule has 0 aromatic heterocycles. The summed E-state index contributed by atoms with van der Waals surface area (Å²) < 4.78 is 5.60.